The van der Waals surface area contributed by atoms with E-state index in [2.05, 4.69) is 24.0 Å². The standard InChI is InChI=1S/C17H28N2O/c1-4-8-14-9-5-6-12-19(14)15-10-7-11-16(20-3)17(15)13(2)18/h7,10-11,13-14H,4-6,8-9,12,18H2,1-3H3/t13-,14?/m1/s1. The number of methoxy groups -OCH3 is 1. The van der Waals surface area contributed by atoms with Gasteiger partial charge in [0.1, 0.15) is 5.75 Å². The van der Waals surface area contributed by atoms with Crippen molar-refractivity contribution >= 4 is 5.69 Å². The lowest BCUT2D eigenvalue weighted by atomic mass is 9.95. The van der Waals surface area contributed by atoms with Gasteiger partial charge in [-0.3, -0.25) is 0 Å². The molecule has 2 rings (SSSR count). The summed E-state index contributed by atoms with van der Waals surface area (Å²) >= 11 is 0. The Balaban J connectivity index is 2.39. The number of anilines is 1. The lowest BCUT2D eigenvalue weighted by Crippen LogP contribution is -2.40. The second-order valence-electron chi connectivity index (χ2n) is 5.81. The number of nitrogens with two attached hydrogens (primary N) is 1. The highest BCUT2D eigenvalue weighted by Gasteiger charge is 2.25. The molecule has 1 unspecified atom stereocenters. The summed E-state index contributed by atoms with van der Waals surface area (Å²) in [6.45, 7) is 5.45. The third-order valence-corrected chi connectivity index (χ3v) is 4.28. The molecule has 0 amide bonds. The number of hydrogen-bond acceptors (Lipinski definition) is 3. The van der Waals surface area contributed by atoms with Crippen molar-refractivity contribution in [2.24, 2.45) is 5.73 Å². The number of piperidine rings is 1. The molecule has 3 heteroatoms. The van der Waals surface area contributed by atoms with E-state index in [4.69, 9.17) is 10.5 Å². The number of benzene rings is 1. The molecule has 0 bridgehead atoms. The van der Waals surface area contributed by atoms with E-state index in [1.807, 2.05) is 13.0 Å². The Hall–Kier alpha value is -1.22. The summed E-state index contributed by atoms with van der Waals surface area (Å²) in [6.07, 6.45) is 6.41. The van der Waals surface area contributed by atoms with E-state index in [0.29, 0.717) is 6.04 Å². The van der Waals surface area contributed by atoms with Crippen molar-refractivity contribution in [3.05, 3.63) is 23.8 Å². The highest BCUT2D eigenvalue weighted by Crippen LogP contribution is 2.37. The molecule has 1 fully saturated rings. The van der Waals surface area contributed by atoms with Gasteiger partial charge in [-0.15, -0.1) is 0 Å². The molecule has 1 saturated heterocycles. The molecule has 3 nitrogen and oxygen atoms in total. The highest BCUT2D eigenvalue weighted by atomic mass is 16.5. The lowest BCUT2D eigenvalue weighted by molar-refractivity contribution is 0.403. The van der Waals surface area contributed by atoms with E-state index in [1.165, 1.54) is 37.8 Å². The van der Waals surface area contributed by atoms with Gasteiger partial charge in [0, 0.05) is 29.9 Å². The zero-order valence-corrected chi connectivity index (χ0v) is 13.1. The van der Waals surface area contributed by atoms with E-state index in [9.17, 15) is 0 Å². The zero-order chi connectivity index (χ0) is 14.5. The summed E-state index contributed by atoms with van der Waals surface area (Å²) in [5.74, 6) is 0.915. The fourth-order valence-electron chi connectivity index (χ4n) is 3.37. The molecule has 1 aliphatic rings. The molecular weight excluding hydrogens is 248 g/mol. The molecule has 0 saturated carbocycles. The van der Waals surface area contributed by atoms with Gasteiger partial charge in [0.2, 0.25) is 0 Å². The first-order chi connectivity index (χ1) is 9.69. The molecule has 2 atom stereocenters. The summed E-state index contributed by atoms with van der Waals surface area (Å²) in [7, 11) is 1.73. The fraction of sp³-hybridized carbons (Fsp3) is 0.647. The second kappa shape index (κ2) is 6.98. The van der Waals surface area contributed by atoms with Gasteiger partial charge in [0.05, 0.1) is 7.11 Å². The van der Waals surface area contributed by atoms with Crippen molar-refractivity contribution in [2.45, 2.75) is 58.0 Å². The molecule has 2 N–H and O–H groups in total. The van der Waals surface area contributed by atoms with E-state index >= 15 is 0 Å². The SMILES string of the molecule is CCCC1CCCCN1c1cccc(OC)c1[C@@H](C)N. The lowest BCUT2D eigenvalue weighted by Gasteiger charge is -2.39. The maximum Gasteiger partial charge on any atom is 0.125 e. The molecule has 0 aromatic heterocycles. The molecule has 0 aliphatic carbocycles. The zero-order valence-electron chi connectivity index (χ0n) is 13.1. The maximum atomic E-state index is 6.21. The maximum absolute atomic E-state index is 6.21. The van der Waals surface area contributed by atoms with Crippen LogP contribution in [0.3, 0.4) is 0 Å². The summed E-state index contributed by atoms with van der Waals surface area (Å²) in [5.41, 5.74) is 8.64. The second-order valence-corrected chi connectivity index (χ2v) is 5.81. The molecule has 1 aromatic rings. The van der Waals surface area contributed by atoms with Gasteiger partial charge >= 0.3 is 0 Å². The van der Waals surface area contributed by atoms with Crippen molar-refractivity contribution in [1.29, 1.82) is 0 Å². The Morgan fingerprint density at radius 1 is 1.40 bits per heavy atom. The smallest absolute Gasteiger partial charge is 0.125 e. The number of hydrogen-bond donors (Lipinski definition) is 1. The van der Waals surface area contributed by atoms with Gasteiger partial charge in [-0.2, -0.15) is 0 Å². The van der Waals surface area contributed by atoms with Gasteiger partial charge in [0.15, 0.2) is 0 Å². The minimum atomic E-state index is -0.00893. The van der Waals surface area contributed by atoms with Crippen LogP contribution in [-0.4, -0.2) is 19.7 Å². The first kappa shape index (κ1) is 15.2. The molecule has 1 aromatic carbocycles. The van der Waals surface area contributed by atoms with Crippen LogP contribution in [0.15, 0.2) is 18.2 Å². The van der Waals surface area contributed by atoms with E-state index in [1.54, 1.807) is 7.11 Å². The average molecular weight is 276 g/mol. The van der Waals surface area contributed by atoms with Crippen LogP contribution in [0.25, 0.3) is 0 Å². The van der Waals surface area contributed by atoms with Crippen LogP contribution in [0.4, 0.5) is 5.69 Å². The Morgan fingerprint density at radius 2 is 2.20 bits per heavy atom. The van der Waals surface area contributed by atoms with Gasteiger partial charge < -0.3 is 15.4 Å². The predicted molar refractivity (Wildman–Crippen MR) is 85.5 cm³/mol. The molecule has 0 radical (unpaired) electrons. The van der Waals surface area contributed by atoms with Crippen LogP contribution >= 0.6 is 0 Å². The monoisotopic (exact) mass is 276 g/mol. The van der Waals surface area contributed by atoms with Gasteiger partial charge in [-0.25, -0.2) is 0 Å². The molecule has 0 spiro atoms. The highest BCUT2D eigenvalue weighted by molar-refractivity contribution is 5.61. The Labute approximate surface area is 123 Å². The number of nitrogens with zero attached hydrogens (tertiary/aromatic N) is 1. The third kappa shape index (κ3) is 3.09. The van der Waals surface area contributed by atoms with Crippen molar-refractivity contribution in [3.63, 3.8) is 0 Å². The Morgan fingerprint density at radius 3 is 2.85 bits per heavy atom. The average Bonchev–Trinajstić information content (AvgIpc) is 2.47. The predicted octanol–water partition coefficient (Wildman–Crippen LogP) is 3.87. The van der Waals surface area contributed by atoms with Gasteiger partial charge in [0.25, 0.3) is 0 Å². The normalized spacial score (nSPS) is 20.8. The van der Waals surface area contributed by atoms with E-state index in [0.717, 1.165) is 17.9 Å². The van der Waals surface area contributed by atoms with Crippen molar-refractivity contribution in [1.82, 2.24) is 0 Å². The molecule has 20 heavy (non-hydrogen) atoms. The Kier molecular flexibility index (Phi) is 5.30. The molecule has 1 aliphatic heterocycles. The van der Waals surface area contributed by atoms with Crippen molar-refractivity contribution < 1.29 is 4.74 Å². The van der Waals surface area contributed by atoms with Crippen LogP contribution in [-0.2, 0) is 0 Å². The first-order valence-corrected chi connectivity index (χ1v) is 7.88. The van der Waals surface area contributed by atoms with Gasteiger partial charge in [-0.1, -0.05) is 19.4 Å². The summed E-state index contributed by atoms with van der Waals surface area (Å²) in [4.78, 5) is 2.56. The molecule has 1 heterocycles. The first-order valence-electron chi connectivity index (χ1n) is 7.88. The van der Waals surface area contributed by atoms with E-state index < -0.39 is 0 Å². The molecular formula is C17H28N2O. The van der Waals surface area contributed by atoms with Gasteiger partial charge in [-0.05, 0) is 44.7 Å². The summed E-state index contributed by atoms with van der Waals surface area (Å²) in [5, 5.41) is 0. The third-order valence-electron chi connectivity index (χ3n) is 4.28. The van der Waals surface area contributed by atoms with E-state index in [-0.39, 0.29) is 6.04 Å². The van der Waals surface area contributed by atoms with Crippen LogP contribution in [0.1, 0.15) is 57.6 Å². The molecule has 112 valence electrons. The largest absolute Gasteiger partial charge is 0.496 e. The fourth-order valence-corrected chi connectivity index (χ4v) is 3.37. The van der Waals surface area contributed by atoms with Crippen LogP contribution in [0.2, 0.25) is 0 Å². The minimum absolute atomic E-state index is 0.00893. The Bertz CT molecular complexity index is 429. The summed E-state index contributed by atoms with van der Waals surface area (Å²) in [6, 6.07) is 6.94. The topological polar surface area (TPSA) is 38.5 Å². The van der Waals surface area contributed by atoms with Crippen LogP contribution in [0.5, 0.6) is 5.75 Å². The quantitative estimate of drug-likeness (QED) is 0.887. The van der Waals surface area contributed by atoms with Crippen molar-refractivity contribution in [3.8, 4) is 5.75 Å². The minimum Gasteiger partial charge on any atom is -0.496 e. The number of rotatable bonds is 5. The summed E-state index contributed by atoms with van der Waals surface area (Å²) < 4.78 is 5.53. The van der Waals surface area contributed by atoms with Crippen LogP contribution < -0.4 is 15.4 Å². The van der Waals surface area contributed by atoms with Crippen LogP contribution in [0, 0.1) is 0 Å². The number of ether oxygens (including phenoxy) is 1. The van der Waals surface area contributed by atoms with Crippen molar-refractivity contribution in [2.75, 3.05) is 18.6 Å².